The molecule has 10 atom stereocenters. The van der Waals surface area contributed by atoms with Crippen molar-refractivity contribution in [3.8, 4) is 0 Å². The summed E-state index contributed by atoms with van der Waals surface area (Å²) in [5.74, 6) is 0.0226. The number of hydrogen-bond donors (Lipinski definition) is 4. The molecule has 0 aromatic heterocycles. The van der Waals surface area contributed by atoms with Gasteiger partial charge in [-0.25, -0.2) is 0 Å². The fraction of sp³-hybridized carbons (Fsp3) is 0.941. The van der Waals surface area contributed by atoms with Gasteiger partial charge in [0.2, 0.25) is 0 Å². The number of carbonyl (C=O) groups excluding carboxylic acids is 1. The molecule has 0 aromatic rings. The topological polar surface area (TPSA) is 110 Å². The van der Waals surface area contributed by atoms with E-state index in [1.54, 1.807) is 0 Å². The summed E-state index contributed by atoms with van der Waals surface area (Å²) >= 11 is 0. The summed E-state index contributed by atoms with van der Waals surface area (Å²) in [5, 5.41) is 20.2. The van der Waals surface area contributed by atoms with E-state index in [0.29, 0.717) is 12.8 Å². The van der Waals surface area contributed by atoms with Crippen LogP contribution in [-0.2, 0) is 4.79 Å². The maximum Gasteiger partial charge on any atom is 0.139 e. The van der Waals surface area contributed by atoms with E-state index in [9.17, 15) is 15.0 Å². The Labute approximate surface area is 133 Å². The molecule has 2 saturated carbocycles. The van der Waals surface area contributed by atoms with Gasteiger partial charge in [0.15, 0.2) is 0 Å². The first-order valence-electron chi connectivity index (χ1n) is 8.57. The van der Waals surface area contributed by atoms with Crippen LogP contribution in [0.1, 0.15) is 40.5 Å². The highest BCUT2D eigenvalue weighted by Gasteiger charge is 2.47. The smallest absolute Gasteiger partial charge is 0.139 e. The van der Waals surface area contributed by atoms with Gasteiger partial charge in [-0.05, 0) is 36.5 Å². The lowest BCUT2D eigenvalue weighted by Gasteiger charge is -2.45. The van der Waals surface area contributed by atoms with Crippen molar-refractivity contribution in [2.24, 2.45) is 47.0 Å². The quantitative estimate of drug-likeness (QED) is 0.594. The van der Waals surface area contributed by atoms with Crippen LogP contribution in [0, 0.1) is 35.5 Å². The molecule has 6 N–H and O–H groups in total. The number of carbonyl (C=O) groups is 1. The maximum atomic E-state index is 13.1. The molecular formula is C17H32N2O3. The Morgan fingerprint density at radius 3 is 1.45 bits per heavy atom. The zero-order valence-corrected chi connectivity index (χ0v) is 14.1. The second-order valence-electron chi connectivity index (χ2n) is 7.90. The second kappa shape index (κ2) is 6.56. The molecule has 5 heteroatoms. The van der Waals surface area contributed by atoms with Crippen molar-refractivity contribution in [1.82, 2.24) is 0 Å². The van der Waals surface area contributed by atoms with Crippen LogP contribution in [0.15, 0.2) is 0 Å². The molecule has 0 heterocycles. The van der Waals surface area contributed by atoms with Crippen molar-refractivity contribution in [3.05, 3.63) is 0 Å². The zero-order valence-electron chi connectivity index (χ0n) is 14.1. The van der Waals surface area contributed by atoms with Crippen molar-refractivity contribution in [1.29, 1.82) is 0 Å². The predicted molar refractivity (Wildman–Crippen MR) is 85.8 cm³/mol. The van der Waals surface area contributed by atoms with Crippen LogP contribution >= 0.6 is 0 Å². The second-order valence-corrected chi connectivity index (χ2v) is 7.90. The summed E-state index contributed by atoms with van der Waals surface area (Å²) < 4.78 is 0. The molecule has 0 saturated heterocycles. The van der Waals surface area contributed by atoms with Gasteiger partial charge >= 0.3 is 0 Å². The van der Waals surface area contributed by atoms with Gasteiger partial charge in [-0.3, -0.25) is 4.79 Å². The van der Waals surface area contributed by atoms with Crippen molar-refractivity contribution < 1.29 is 15.0 Å². The van der Waals surface area contributed by atoms with Crippen LogP contribution in [0.5, 0.6) is 0 Å². The molecule has 0 aromatic carbocycles. The monoisotopic (exact) mass is 312 g/mol. The summed E-state index contributed by atoms with van der Waals surface area (Å²) in [6.45, 7) is 7.85. The number of Topliss-reactive ketones (excluding diaryl/α,β-unsaturated/α-hetero) is 1. The summed E-state index contributed by atoms with van der Waals surface area (Å²) in [4.78, 5) is 13.1. The summed E-state index contributed by atoms with van der Waals surface area (Å²) in [6, 6.07) is -0.707. The highest BCUT2D eigenvalue weighted by molar-refractivity contribution is 5.84. The normalized spacial score (nSPS) is 53.3. The minimum atomic E-state index is -0.536. The average molecular weight is 312 g/mol. The molecule has 22 heavy (non-hydrogen) atoms. The first kappa shape index (κ1) is 17.9. The molecule has 2 aliphatic rings. The van der Waals surface area contributed by atoms with Gasteiger partial charge in [-0.1, -0.05) is 27.7 Å². The van der Waals surface area contributed by atoms with Crippen LogP contribution in [0.25, 0.3) is 0 Å². The van der Waals surface area contributed by atoms with Crippen LogP contribution in [0.2, 0.25) is 0 Å². The van der Waals surface area contributed by atoms with Gasteiger partial charge in [-0.15, -0.1) is 0 Å². The van der Waals surface area contributed by atoms with E-state index < -0.39 is 12.2 Å². The van der Waals surface area contributed by atoms with Gasteiger partial charge < -0.3 is 21.7 Å². The third-order valence-electron chi connectivity index (χ3n) is 6.42. The van der Waals surface area contributed by atoms with Crippen molar-refractivity contribution in [2.45, 2.75) is 64.8 Å². The number of aliphatic hydroxyl groups is 2. The summed E-state index contributed by atoms with van der Waals surface area (Å²) in [5.41, 5.74) is 12.2. The number of nitrogens with two attached hydrogens (primary N) is 2. The fourth-order valence-corrected chi connectivity index (χ4v) is 4.45. The van der Waals surface area contributed by atoms with Crippen LogP contribution in [0.3, 0.4) is 0 Å². The molecule has 2 fully saturated rings. The Bertz CT molecular complexity index is 381. The van der Waals surface area contributed by atoms with Crippen LogP contribution < -0.4 is 11.5 Å². The van der Waals surface area contributed by atoms with Gasteiger partial charge in [-0.2, -0.15) is 0 Å². The van der Waals surface area contributed by atoms with Gasteiger partial charge in [0.05, 0.1) is 12.2 Å². The fourth-order valence-electron chi connectivity index (χ4n) is 4.45. The standard InChI is InChI=1S/C17H32N2O3/c1-7-5-11(9(3)13(18)15(7)20)17(22)12-6-8(2)16(21)14(19)10(12)4/h7-16,20-21H,5-6,18-19H2,1-4H3. The molecule has 0 amide bonds. The molecule has 0 bridgehead atoms. The van der Waals surface area contributed by atoms with E-state index in [0.717, 1.165) is 0 Å². The van der Waals surface area contributed by atoms with Gasteiger partial charge in [0.25, 0.3) is 0 Å². The van der Waals surface area contributed by atoms with E-state index in [1.807, 2.05) is 27.7 Å². The highest BCUT2D eigenvalue weighted by Crippen LogP contribution is 2.40. The molecule has 0 aliphatic heterocycles. The maximum absolute atomic E-state index is 13.1. The van der Waals surface area contributed by atoms with E-state index in [2.05, 4.69) is 0 Å². The Hall–Kier alpha value is -0.490. The number of rotatable bonds is 2. The minimum Gasteiger partial charge on any atom is -0.391 e. The lowest BCUT2D eigenvalue weighted by Crippen LogP contribution is -2.57. The molecule has 0 spiro atoms. The number of hydrogen-bond acceptors (Lipinski definition) is 5. The molecule has 128 valence electrons. The summed E-state index contributed by atoms with van der Waals surface area (Å²) in [6.07, 6.45) is 0.297. The number of aliphatic hydroxyl groups excluding tert-OH is 2. The van der Waals surface area contributed by atoms with Gasteiger partial charge in [0.1, 0.15) is 5.78 Å². The lowest BCUT2D eigenvalue weighted by molar-refractivity contribution is -0.138. The van der Waals surface area contributed by atoms with E-state index in [-0.39, 0.29) is 53.4 Å². The summed E-state index contributed by atoms with van der Waals surface area (Å²) in [7, 11) is 0. The third kappa shape index (κ3) is 2.96. The Morgan fingerprint density at radius 1 is 0.818 bits per heavy atom. The van der Waals surface area contributed by atoms with Crippen LogP contribution in [0.4, 0.5) is 0 Å². The lowest BCUT2D eigenvalue weighted by atomic mass is 9.62. The Kier molecular flexibility index (Phi) is 5.32. The zero-order chi connectivity index (χ0) is 16.8. The average Bonchev–Trinajstić information content (AvgIpc) is 2.49. The van der Waals surface area contributed by atoms with E-state index >= 15 is 0 Å². The van der Waals surface area contributed by atoms with Crippen LogP contribution in [-0.4, -0.2) is 40.3 Å². The van der Waals surface area contributed by atoms with Gasteiger partial charge in [0, 0.05) is 23.9 Å². The SMILES string of the molecule is CC1CC(C(=O)C2CC(C)C(O)C(N)C2C)C(C)C(N)C1O. The largest absolute Gasteiger partial charge is 0.391 e. The van der Waals surface area contributed by atoms with E-state index in [4.69, 9.17) is 11.5 Å². The first-order chi connectivity index (χ1) is 10.2. The molecule has 10 unspecified atom stereocenters. The Balaban J connectivity index is 2.16. The molecule has 2 aliphatic carbocycles. The van der Waals surface area contributed by atoms with Crippen molar-refractivity contribution in [2.75, 3.05) is 0 Å². The molecular weight excluding hydrogens is 280 g/mol. The van der Waals surface area contributed by atoms with Crippen molar-refractivity contribution >= 4 is 5.78 Å². The minimum absolute atomic E-state index is 0.0238. The van der Waals surface area contributed by atoms with Crippen molar-refractivity contribution in [3.63, 3.8) is 0 Å². The predicted octanol–water partition coefficient (Wildman–Crippen LogP) is 0.516. The number of ketones is 1. The molecule has 2 rings (SSSR count). The van der Waals surface area contributed by atoms with E-state index in [1.165, 1.54) is 0 Å². The highest BCUT2D eigenvalue weighted by atomic mass is 16.3. The third-order valence-corrected chi connectivity index (χ3v) is 6.42. The Morgan fingerprint density at radius 2 is 1.14 bits per heavy atom. The molecule has 5 nitrogen and oxygen atoms in total. The molecule has 0 radical (unpaired) electrons. The first-order valence-corrected chi connectivity index (χ1v) is 8.57.